The van der Waals surface area contributed by atoms with Gasteiger partial charge in [-0.1, -0.05) is 23.4 Å². The minimum absolute atomic E-state index is 0.177. The van der Waals surface area contributed by atoms with Crippen molar-refractivity contribution in [2.24, 2.45) is 4.36 Å². The van der Waals surface area contributed by atoms with Crippen molar-refractivity contribution < 1.29 is 13.4 Å². The topological polar surface area (TPSA) is 59.4 Å². The van der Waals surface area contributed by atoms with Gasteiger partial charge in [0.2, 0.25) is 0 Å². The summed E-state index contributed by atoms with van der Waals surface area (Å²) in [6.45, 7) is 1.66. The molecule has 0 saturated carbocycles. The fourth-order valence-electron chi connectivity index (χ4n) is 2.44. The minimum atomic E-state index is -2.93. The maximum absolute atomic E-state index is 13.3. The van der Waals surface area contributed by atoms with Gasteiger partial charge < -0.3 is 0 Å². The molecule has 1 aromatic heterocycles. The fourth-order valence-corrected chi connectivity index (χ4v) is 3.74. The Hall–Kier alpha value is -3.01. The lowest BCUT2D eigenvalue weighted by Crippen LogP contribution is -2.04. The monoisotopic (exact) mass is 426 g/mol. The van der Waals surface area contributed by atoms with E-state index >= 15 is 0 Å². The first-order valence-corrected chi connectivity index (χ1v) is 10.8. The molecule has 146 valence electrons. The first-order chi connectivity index (χ1) is 13.7. The zero-order valence-electron chi connectivity index (χ0n) is 15.6. The molecule has 3 rings (SSSR count). The van der Waals surface area contributed by atoms with Gasteiger partial charge in [-0.2, -0.15) is 4.36 Å². The Labute approximate surface area is 173 Å². The highest BCUT2D eigenvalue weighted by Crippen LogP contribution is 2.17. The number of aryl methyl sites for hydroxylation is 1. The fraction of sp³-hybridized carbons (Fsp3) is 0.0909. The van der Waals surface area contributed by atoms with E-state index in [1.807, 2.05) is 0 Å². The Morgan fingerprint density at radius 1 is 1.07 bits per heavy atom. The number of hydrogen-bond donors (Lipinski definition) is 0. The van der Waals surface area contributed by atoms with E-state index in [4.69, 9.17) is 11.6 Å². The van der Waals surface area contributed by atoms with Crippen LogP contribution in [-0.4, -0.2) is 21.4 Å². The summed E-state index contributed by atoms with van der Waals surface area (Å²) < 4.78 is 30.0. The molecule has 0 saturated heterocycles. The number of amides is 1. The molecule has 0 aliphatic rings. The van der Waals surface area contributed by atoms with Gasteiger partial charge >= 0.3 is 0 Å². The molecular formula is C22H16ClFN2O2S. The number of hydrogen-bond acceptors (Lipinski definition) is 3. The van der Waals surface area contributed by atoms with E-state index in [0.717, 1.165) is 0 Å². The molecule has 4 nitrogen and oxygen atoms in total. The Bertz CT molecular complexity index is 1270. The second kappa shape index (κ2) is 8.56. The summed E-state index contributed by atoms with van der Waals surface area (Å²) in [6.07, 6.45) is 4.24. The van der Waals surface area contributed by atoms with Crippen molar-refractivity contribution in [3.8, 4) is 11.8 Å². The van der Waals surface area contributed by atoms with Crippen molar-refractivity contribution in [3.05, 3.63) is 94.0 Å². The number of rotatable bonds is 2. The van der Waals surface area contributed by atoms with Crippen LogP contribution in [0.25, 0.3) is 0 Å². The second-order valence-electron chi connectivity index (χ2n) is 6.33. The molecule has 2 aromatic carbocycles. The van der Waals surface area contributed by atoms with E-state index < -0.39 is 15.6 Å². The molecule has 0 spiro atoms. The van der Waals surface area contributed by atoms with Gasteiger partial charge in [-0.3, -0.25) is 9.78 Å². The largest absolute Gasteiger partial charge is 0.286 e. The average Bonchev–Trinajstić information content (AvgIpc) is 2.69. The zero-order chi connectivity index (χ0) is 21.0. The smallest absolute Gasteiger partial charge is 0.266 e. The van der Waals surface area contributed by atoms with Gasteiger partial charge in [0.25, 0.3) is 5.91 Å². The molecule has 29 heavy (non-hydrogen) atoms. The quantitative estimate of drug-likeness (QED) is 0.549. The van der Waals surface area contributed by atoms with Crippen LogP contribution >= 0.6 is 11.6 Å². The molecule has 3 aromatic rings. The van der Waals surface area contributed by atoms with E-state index in [1.165, 1.54) is 30.8 Å². The van der Waals surface area contributed by atoms with Gasteiger partial charge in [-0.25, -0.2) is 8.60 Å². The lowest BCUT2D eigenvalue weighted by molar-refractivity contribution is 0.100. The molecule has 1 heterocycles. The van der Waals surface area contributed by atoms with Crippen LogP contribution in [0.3, 0.4) is 0 Å². The minimum Gasteiger partial charge on any atom is -0.266 e. The Balaban J connectivity index is 1.88. The number of nitrogens with zero attached hydrogens (tertiary/aromatic N) is 2. The summed E-state index contributed by atoms with van der Waals surface area (Å²) >= 11 is 5.84. The van der Waals surface area contributed by atoms with E-state index in [1.54, 1.807) is 43.3 Å². The normalized spacial score (nSPS) is 12.4. The summed E-state index contributed by atoms with van der Waals surface area (Å²) in [5, 5.41) is 0.502. The molecule has 0 aliphatic heterocycles. The van der Waals surface area contributed by atoms with Crippen LogP contribution < -0.4 is 0 Å². The molecule has 1 atom stereocenters. The predicted molar refractivity (Wildman–Crippen MR) is 112 cm³/mol. The first-order valence-electron chi connectivity index (χ1n) is 8.50. The summed E-state index contributed by atoms with van der Waals surface area (Å²) in [5.41, 5.74) is 1.81. The van der Waals surface area contributed by atoms with Crippen molar-refractivity contribution in [2.45, 2.75) is 11.8 Å². The van der Waals surface area contributed by atoms with Crippen molar-refractivity contribution in [1.29, 1.82) is 0 Å². The third-order valence-corrected chi connectivity index (χ3v) is 5.92. The lowest BCUT2D eigenvalue weighted by atomic mass is 10.1. The molecule has 0 N–H and O–H groups in total. The summed E-state index contributed by atoms with van der Waals surface area (Å²) in [4.78, 5) is 16.9. The second-order valence-corrected chi connectivity index (χ2v) is 9.02. The van der Waals surface area contributed by atoms with Crippen LogP contribution in [0.15, 0.2) is 70.2 Å². The van der Waals surface area contributed by atoms with Crippen LogP contribution in [0, 0.1) is 24.6 Å². The molecule has 1 unspecified atom stereocenters. The van der Waals surface area contributed by atoms with E-state index in [2.05, 4.69) is 21.2 Å². The Kier molecular flexibility index (Phi) is 6.12. The van der Waals surface area contributed by atoms with Crippen molar-refractivity contribution in [1.82, 2.24) is 4.98 Å². The highest BCUT2D eigenvalue weighted by Gasteiger charge is 2.12. The number of pyridine rings is 1. The maximum Gasteiger partial charge on any atom is 0.286 e. The third-order valence-electron chi connectivity index (χ3n) is 4.00. The van der Waals surface area contributed by atoms with Gasteiger partial charge in [-0.05, 0) is 61.0 Å². The Morgan fingerprint density at radius 3 is 2.45 bits per heavy atom. The van der Waals surface area contributed by atoms with Crippen LogP contribution in [0.4, 0.5) is 4.39 Å². The van der Waals surface area contributed by atoms with Gasteiger partial charge in [0.05, 0.1) is 15.3 Å². The molecule has 0 aliphatic carbocycles. The molecule has 1 amide bonds. The molecule has 0 radical (unpaired) electrons. The van der Waals surface area contributed by atoms with Crippen LogP contribution in [-0.2, 0) is 9.73 Å². The highest BCUT2D eigenvalue weighted by atomic mass is 35.5. The summed E-state index contributed by atoms with van der Waals surface area (Å²) in [5.74, 6) is 4.85. The summed E-state index contributed by atoms with van der Waals surface area (Å²) in [7, 11) is -2.93. The number of halogens is 2. The number of carbonyl (C=O) groups excluding carboxylic acids is 1. The first kappa shape index (κ1) is 20.7. The van der Waals surface area contributed by atoms with Crippen molar-refractivity contribution in [2.75, 3.05) is 6.26 Å². The van der Waals surface area contributed by atoms with Crippen molar-refractivity contribution in [3.63, 3.8) is 0 Å². The van der Waals surface area contributed by atoms with Gasteiger partial charge in [0, 0.05) is 39.7 Å². The third kappa shape index (κ3) is 5.29. The standard InChI is InChI=1S/C22H16ClFN2O2S/c1-15-11-16(5-10-21(15)24)3-4-17-12-18(14-25-13-17)22(27)26-29(2,28)20-8-6-19(23)7-9-20/h5-14H,1-2H3. The Morgan fingerprint density at radius 2 is 1.76 bits per heavy atom. The predicted octanol–water partition coefficient (Wildman–Crippen LogP) is 4.88. The summed E-state index contributed by atoms with van der Waals surface area (Å²) in [6, 6.07) is 12.4. The molecule has 0 bridgehead atoms. The van der Waals surface area contributed by atoms with Gasteiger partial charge in [-0.15, -0.1) is 0 Å². The molecule has 0 fully saturated rings. The van der Waals surface area contributed by atoms with Gasteiger partial charge in [0.15, 0.2) is 0 Å². The van der Waals surface area contributed by atoms with E-state index in [0.29, 0.717) is 26.6 Å². The van der Waals surface area contributed by atoms with E-state index in [9.17, 15) is 13.4 Å². The lowest BCUT2D eigenvalue weighted by Gasteiger charge is -2.04. The number of benzene rings is 2. The van der Waals surface area contributed by atoms with Crippen LogP contribution in [0.5, 0.6) is 0 Å². The molecular weight excluding hydrogens is 411 g/mol. The SMILES string of the molecule is Cc1cc(C#Cc2cncc(C(=O)N=S(C)(=O)c3ccc(Cl)cc3)c2)ccc1F. The number of aromatic nitrogens is 1. The zero-order valence-corrected chi connectivity index (χ0v) is 17.2. The molecule has 7 heteroatoms. The van der Waals surface area contributed by atoms with Crippen LogP contribution in [0.1, 0.15) is 27.0 Å². The van der Waals surface area contributed by atoms with Gasteiger partial charge in [0.1, 0.15) is 5.82 Å². The van der Waals surface area contributed by atoms with Crippen LogP contribution in [0.2, 0.25) is 5.02 Å². The highest BCUT2D eigenvalue weighted by molar-refractivity contribution is 7.93. The number of carbonyl (C=O) groups is 1. The van der Waals surface area contributed by atoms with Crippen molar-refractivity contribution >= 4 is 27.2 Å². The maximum atomic E-state index is 13.3. The van der Waals surface area contributed by atoms with E-state index in [-0.39, 0.29) is 11.4 Å². The average molecular weight is 427 g/mol.